The molecule has 0 aliphatic carbocycles. The molecular weight excluding hydrogens is 228 g/mol. The second-order valence-electron chi connectivity index (χ2n) is 5.14. The van der Waals surface area contributed by atoms with E-state index in [2.05, 4.69) is 49.7 Å². The van der Waals surface area contributed by atoms with E-state index in [9.17, 15) is 0 Å². The molecule has 17 heavy (non-hydrogen) atoms. The van der Waals surface area contributed by atoms with E-state index >= 15 is 0 Å². The molecule has 1 rings (SSSR count). The van der Waals surface area contributed by atoms with E-state index in [1.165, 1.54) is 10.5 Å². The van der Waals surface area contributed by atoms with Crippen LogP contribution in [0.25, 0.3) is 0 Å². The number of thioether (sulfide) groups is 1. The van der Waals surface area contributed by atoms with Crippen LogP contribution in [-0.4, -0.2) is 25.9 Å². The van der Waals surface area contributed by atoms with Crippen LogP contribution in [0.4, 0.5) is 0 Å². The maximum absolute atomic E-state index is 5.69. The van der Waals surface area contributed by atoms with Gasteiger partial charge in [-0.05, 0) is 48.9 Å². The molecular formula is C14H24N2S. The second kappa shape index (κ2) is 7.04. The summed E-state index contributed by atoms with van der Waals surface area (Å²) in [6.45, 7) is 7.09. The quantitative estimate of drug-likeness (QED) is 0.578. The molecule has 1 aromatic rings. The van der Waals surface area contributed by atoms with Crippen LogP contribution in [-0.2, 0) is 6.42 Å². The number of hydrogen-bond acceptors (Lipinski definition) is 3. The highest BCUT2D eigenvalue weighted by Crippen LogP contribution is 2.15. The molecule has 0 saturated carbocycles. The first-order chi connectivity index (χ1) is 8.07. The zero-order valence-corrected chi connectivity index (χ0v) is 11.9. The number of nitrogens with one attached hydrogen (secondary N) is 1. The van der Waals surface area contributed by atoms with E-state index in [4.69, 9.17) is 5.73 Å². The van der Waals surface area contributed by atoms with Gasteiger partial charge in [0.15, 0.2) is 0 Å². The van der Waals surface area contributed by atoms with Crippen LogP contribution in [0, 0.1) is 5.41 Å². The Morgan fingerprint density at radius 3 is 2.41 bits per heavy atom. The van der Waals surface area contributed by atoms with Gasteiger partial charge in [0.05, 0.1) is 0 Å². The first kappa shape index (κ1) is 14.6. The van der Waals surface area contributed by atoms with Crippen LogP contribution in [0.15, 0.2) is 29.2 Å². The van der Waals surface area contributed by atoms with Gasteiger partial charge in [0.2, 0.25) is 0 Å². The smallest absolute Gasteiger partial charge is 0.00693 e. The molecule has 96 valence electrons. The average molecular weight is 252 g/mol. The predicted molar refractivity (Wildman–Crippen MR) is 77.6 cm³/mol. The Balaban J connectivity index is 2.26. The fourth-order valence-corrected chi connectivity index (χ4v) is 1.93. The summed E-state index contributed by atoms with van der Waals surface area (Å²) >= 11 is 1.78. The van der Waals surface area contributed by atoms with Gasteiger partial charge in [0.1, 0.15) is 0 Å². The highest BCUT2D eigenvalue weighted by molar-refractivity contribution is 7.98. The summed E-state index contributed by atoms with van der Waals surface area (Å²) in [5.41, 5.74) is 7.28. The van der Waals surface area contributed by atoms with Crippen molar-refractivity contribution in [3.05, 3.63) is 29.8 Å². The van der Waals surface area contributed by atoms with Gasteiger partial charge in [-0.25, -0.2) is 0 Å². The topological polar surface area (TPSA) is 38.0 Å². The fraction of sp³-hybridized carbons (Fsp3) is 0.571. The molecule has 0 fully saturated rings. The van der Waals surface area contributed by atoms with Crippen LogP contribution in [0.1, 0.15) is 19.4 Å². The van der Waals surface area contributed by atoms with E-state index in [1.807, 2.05) is 0 Å². The van der Waals surface area contributed by atoms with Gasteiger partial charge >= 0.3 is 0 Å². The molecule has 0 aliphatic heterocycles. The summed E-state index contributed by atoms with van der Waals surface area (Å²) < 4.78 is 0. The number of nitrogens with two attached hydrogens (primary N) is 1. The van der Waals surface area contributed by atoms with Crippen molar-refractivity contribution in [3.63, 3.8) is 0 Å². The lowest BCUT2D eigenvalue weighted by Crippen LogP contribution is -2.36. The first-order valence-corrected chi connectivity index (χ1v) is 7.33. The molecule has 3 N–H and O–H groups in total. The van der Waals surface area contributed by atoms with Crippen molar-refractivity contribution in [2.75, 3.05) is 25.9 Å². The standard InChI is InChI=1S/C14H24N2S/c1-14(2,10-15)11-16-9-8-12-4-6-13(17-3)7-5-12/h4-7,16H,8-11,15H2,1-3H3. The van der Waals surface area contributed by atoms with Crippen LogP contribution >= 0.6 is 11.8 Å². The molecule has 2 nitrogen and oxygen atoms in total. The van der Waals surface area contributed by atoms with Crippen molar-refractivity contribution < 1.29 is 0 Å². The lowest BCUT2D eigenvalue weighted by atomic mass is 9.94. The summed E-state index contributed by atoms with van der Waals surface area (Å²) in [5, 5.41) is 3.47. The lowest BCUT2D eigenvalue weighted by molar-refractivity contribution is 0.353. The third-order valence-electron chi connectivity index (χ3n) is 2.91. The Labute approximate surface area is 109 Å². The molecule has 0 atom stereocenters. The van der Waals surface area contributed by atoms with E-state index in [0.29, 0.717) is 0 Å². The first-order valence-electron chi connectivity index (χ1n) is 6.11. The average Bonchev–Trinajstić information content (AvgIpc) is 2.35. The third kappa shape index (κ3) is 5.57. The molecule has 0 bridgehead atoms. The number of hydrogen-bond donors (Lipinski definition) is 2. The summed E-state index contributed by atoms with van der Waals surface area (Å²) in [6, 6.07) is 8.79. The zero-order chi connectivity index (χ0) is 12.7. The van der Waals surface area contributed by atoms with Crippen molar-refractivity contribution in [2.24, 2.45) is 11.1 Å². The molecule has 0 heterocycles. The molecule has 0 aliphatic rings. The van der Waals surface area contributed by atoms with Crippen molar-refractivity contribution in [2.45, 2.75) is 25.2 Å². The van der Waals surface area contributed by atoms with Crippen molar-refractivity contribution in [1.29, 1.82) is 0 Å². The SMILES string of the molecule is CSc1ccc(CCNCC(C)(C)CN)cc1. The van der Waals surface area contributed by atoms with Gasteiger partial charge in [-0.1, -0.05) is 26.0 Å². The van der Waals surface area contributed by atoms with E-state index < -0.39 is 0 Å². The summed E-state index contributed by atoms with van der Waals surface area (Å²) in [4.78, 5) is 1.32. The van der Waals surface area contributed by atoms with Gasteiger partial charge in [0, 0.05) is 11.4 Å². The molecule has 0 amide bonds. The maximum atomic E-state index is 5.69. The Morgan fingerprint density at radius 1 is 1.24 bits per heavy atom. The normalized spacial score (nSPS) is 11.8. The molecule has 0 radical (unpaired) electrons. The van der Waals surface area contributed by atoms with Crippen molar-refractivity contribution >= 4 is 11.8 Å². The Bertz CT molecular complexity index is 319. The monoisotopic (exact) mass is 252 g/mol. The van der Waals surface area contributed by atoms with Crippen LogP contribution in [0.5, 0.6) is 0 Å². The Hall–Kier alpha value is -0.510. The Morgan fingerprint density at radius 2 is 1.88 bits per heavy atom. The minimum absolute atomic E-state index is 0.197. The van der Waals surface area contributed by atoms with Crippen molar-refractivity contribution in [3.8, 4) is 0 Å². The molecule has 0 spiro atoms. The third-order valence-corrected chi connectivity index (χ3v) is 3.65. The van der Waals surface area contributed by atoms with Gasteiger partial charge < -0.3 is 11.1 Å². The highest BCUT2D eigenvalue weighted by atomic mass is 32.2. The lowest BCUT2D eigenvalue weighted by Gasteiger charge is -2.22. The van der Waals surface area contributed by atoms with Gasteiger partial charge in [0.25, 0.3) is 0 Å². The second-order valence-corrected chi connectivity index (χ2v) is 6.02. The number of benzene rings is 1. The number of rotatable bonds is 7. The van der Waals surface area contributed by atoms with Crippen LogP contribution < -0.4 is 11.1 Å². The molecule has 0 aromatic heterocycles. The predicted octanol–water partition coefficient (Wildman–Crippen LogP) is 2.53. The fourth-order valence-electron chi connectivity index (χ4n) is 1.52. The zero-order valence-electron chi connectivity index (χ0n) is 11.1. The van der Waals surface area contributed by atoms with E-state index in [0.717, 1.165) is 26.1 Å². The highest BCUT2D eigenvalue weighted by Gasteiger charge is 2.13. The largest absolute Gasteiger partial charge is 0.330 e. The van der Waals surface area contributed by atoms with Crippen LogP contribution in [0.2, 0.25) is 0 Å². The summed E-state index contributed by atoms with van der Waals surface area (Å²) in [7, 11) is 0. The molecule has 1 aromatic carbocycles. The van der Waals surface area contributed by atoms with Crippen LogP contribution in [0.3, 0.4) is 0 Å². The molecule has 3 heteroatoms. The maximum Gasteiger partial charge on any atom is 0.00693 e. The van der Waals surface area contributed by atoms with E-state index in [1.54, 1.807) is 11.8 Å². The van der Waals surface area contributed by atoms with Gasteiger partial charge in [-0.3, -0.25) is 0 Å². The minimum atomic E-state index is 0.197. The van der Waals surface area contributed by atoms with Gasteiger partial charge in [-0.15, -0.1) is 11.8 Å². The molecule has 0 saturated heterocycles. The Kier molecular flexibility index (Phi) is 6.03. The molecule has 0 unspecified atom stereocenters. The van der Waals surface area contributed by atoms with Crippen molar-refractivity contribution in [1.82, 2.24) is 5.32 Å². The summed E-state index contributed by atoms with van der Waals surface area (Å²) in [5.74, 6) is 0. The van der Waals surface area contributed by atoms with E-state index in [-0.39, 0.29) is 5.41 Å². The minimum Gasteiger partial charge on any atom is -0.330 e. The van der Waals surface area contributed by atoms with Gasteiger partial charge in [-0.2, -0.15) is 0 Å². The summed E-state index contributed by atoms with van der Waals surface area (Å²) in [6.07, 6.45) is 3.18.